The topological polar surface area (TPSA) is 50.8 Å². The number of benzene rings is 1. The van der Waals surface area contributed by atoms with Gasteiger partial charge in [-0.2, -0.15) is 0 Å². The lowest BCUT2D eigenvalue weighted by Gasteiger charge is -2.29. The molecule has 1 atom stereocenters. The first-order valence-electron chi connectivity index (χ1n) is 7.08. The molecular weight excluding hydrogens is 292 g/mol. The van der Waals surface area contributed by atoms with E-state index in [1.165, 1.54) is 0 Å². The standard InChI is InChI=1S/C15H21ClN2O3/c1-11(15(19)18-5-7-20-8-6-18)21-14-4-3-13(16)9-12(14)10-17-2/h3-4,9,11,17H,5-8,10H2,1-2H3. The number of ether oxygens (including phenoxy) is 2. The molecular formula is C15H21ClN2O3. The average molecular weight is 313 g/mol. The summed E-state index contributed by atoms with van der Waals surface area (Å²) in [7, 11) is 1.85. The van der Waals surface area contributed by atoms with Gasteiger partial charge in [0.05, 0.1) is 13.2 Å². The highest BCUT2D eigenvalue weighted by Gasteiger charge is 2.24. The van der Waals surface area contributed by atoms with Gasteiger partial charge in [0.15, 0.2) is 6.10 Å². The zero-order valence-electron chi connectivity index (χ0n) is 12.4. The maximum atomic E-state index is 12.3. The third-order valence-corrected chi connectivity index (χ3v) is 3.60. The second kappa shape index (κ2) is 7.64. The molecule has 1 heterocycles. The van der Waals surface area contributed by atoms with Gasteiger partial charge in [0.25, 0.3) is 5.91 Å². The van der Waals surface area contributed by atoms with E-state index in [0.717, 1.165) is 5.56 Å². The van der Waals surface area contributed by atoms with Crippen LogP contribution in [0.5, 0.6) is 5.75 Å². The van der Waals surface area contributed by atoms with Crippen LogP contribution < -0.4 is 10.1 Å². The Labute approximate surface area is 130 Å². The number of carbonyl (C=O) groups excluding carboxylic acids is 1. The number of nitrogens with zero attached hydrogens (tertiary/aromatic N) is 1. The molecule has 5 nitrogen and oxygen atoms in total. The first kappa shape index (κ1) is 16.1. The largest absolute Gasteiger partial charge is 0.481 e. The highest BCUT2D eigenvalue weighted by Crippen LogP contribution is 2.24. The molecule has 1 aromatic carbocycles. The smallest absolute Gasteiger partial charge is 0.263 e. The Morgan fingerprint density at radius 2 is 2.19 bits per heavy atom. The van der Waals surface area contributed by atoms with Crippen molar-refractivity contribution in [1.82, 2.24) is 10.2 Å². The van der Waals surface area contributed by atoms with E-state index in [4.69, 9.17) is 21.1 Å². The van der Waals surface area contributed by atoms with Crippen LogP contribution in [0.4, 0.5) is 0 Å². The molecule has 0 saturated carbocycles. The van der Waals surface area contributed by atoms with Crippen LogP contribution in [0, 0.1) is 0 Å². The van der Waals surface area contributed by atoms with E-state index in [1.807, 2.05) is 13.1 Å². The van der Waals surface area contributed by atoms with Crippen LogP contribution >= 0.6 is 11.6 Å². The molecule has 1 unspecified atom stereocenters. The molecule has 1 N–H and O–H groups in total. The first-order valence-corrected chi connectivity index (χ1v) is 7.46. The monoisotopic (exact) mass is 312 g/mol. The molecule has 0 radical (unpaired) electrons. The fourth-order valence-corrected chi connectivity index (χ4v) is 2.47. The van der Waals surface area contributed by atoms with Gasteiger partial charge in [-0.15, -0.1) is 0 Å². The number of morpholine rings is 1. The number of rotatable bonds is 5. The molecule has 0 bridgehead atoms. The lowest BCUT2D eigenvalue weighted by Crippen LogP contribution is -2.46. The normalized spacial score (nSPS) is 16.6. The van der Waals surface area contributed by atoms with Gasteiger partial charge < -0.3 is 19.7 Å². The van der Waals surface area contributed by atoms with Crippen molar-refractivity contribution in [3.63, 3.8) is 0 Å². The van der Waals surface area contributed by atoms with Gasteiger partial charge in [-0.3, -0.25) is 4.79 Å². The summed E-state index contributed by atoms with van der Waals surface area (Å²) in [6.07, 6.45) is -0.528. The van der Waals surface area contributed by atoms with Gasteiger partial charge in [-0.1, -0.05) is 11.6 Å². The van der Waals surface area contributed by atoms with E-state index in [0.29, 0.717) is 43.6 Å². The molecule has 1 aromatic rings. The molecule has 1 aliphatic heterocycles. The Morgan fingerprint density at radius 1 is 1.48 bits per heavy atom. The van der Waals surface area contributed by atoms with Crippen LogP contribution in [-0.4, -0.2) is 50.3 Å². The molecule has 1 amide bonds. The van der Waals surface area contributed by atoms with Crippen molar-refractivity contribution >= 4 is 17.5 Å². The Balaban J connectivity index is 2.04. The van der Waals surface area contributed by atoms with Gasteiger partial charge in [0.2, 0.25) is 0 Å². The van der Waals surface area contributed by atoms with E-state index in [9.17, 15) is 4.79 Å². The molecule has 1 saturated heterocycles. The Bertz CT molecular complexity index is 490. The van der Waals surface area contributed by atoms with Crippen LogP contribution in [0.25, 0.3) is 0 Å². The maximum Gasteiger partial charge on any atom is 0.263 e. The lowest BCUT2D eigenvalue weighted by molar-refractivity contribution is -0.142. The summed E-state index contributed by atoms with van der Waals surface area (Å²) in [5.74, 6) is 0.673. The van der Waals surface area contributed by atoms with Crippen molar-refractivity contribution in [1.29, 1.82) is 0 Å². The van der Waals surface area contributed by atoms with E-state index < -0.39 is 6.10 Å². The maximum absolute atomic E-state index is 12.3. The van der Waals surface area contributed by atoms with E-state index >= 15 is 0 Å². The molecule has 6 heteroatoms. The zero-order chi connectivity index (χ0) is 15.2. The van der Waals surface area contributed by atoms with Crippen molar-refractivity contribution in [2.24, 2.45) is 0 Å². The Kier molecular flexibility index (Phi) is 5.85. The Hall–Kier alpha value is -1.30. The number of hydrogen-bond donors (Lipinski definition) is 1. The highest BCUT2D eigenvalue weighted by molar-refractivity contribution is 6.30. The summed E-state index contributed by atoms with van der Waals surface area (Å²) < 4.78 is 11.1. The predicted molar refractivity (Wildman–Crippen MR) is 81.7 cm³/mol. The second-order valence-electron chi connectivity index (χ2n) is 4.98. The molecule has 0 spiro atoms. The van der Waals surface area contributed by atoms with Gasteiger partial charge in [-0.05, 0) is 32.2 Å². The van der Waals surface area contributed by atoms with E-state index in [2.05, 4.69) is 5.32 Å². The fourth-order valence-electron chi connectivity index (χ4n) is 2.27. The Morgan fingerprint density at radius 3 is 2.86 bits per heavy atom. The van der Waals surface area contributed by atoms with Crippen molar-refractivity contribution in [3.05, 3.63) is 28.8 Å². The first-order chi connectivity index (χ1) is 10.1. The van der Waals surface area contributed by atoms with E-state index in [1.54, 1.807) is 24.0 Å². The minimum Gasteiger partial charge on any atom is -0.481 e. The van der Waals surface area contributed by atoms with Crippen LogP contribution in [-0.2, 0) is 16.1 Å². The van der Waals surface area contributed by atoms with Crippen molar-refractivity contribution in [2.45, 2.75) is 19.6 Å². The summed E-state index contributed by atoms with van der Waals surface area (Å²) in [5, 5.41) is 3.72. The van der Waals surface area contributed by atoms with Crippen LogP contribution in [0.15, 0.2) is 18.2 Å². The molecule has 116 valence electrons. The molecule has 21 heavy (non-hydrogen) atoms. The quantitative estimate of drug-likeness (QED) is 0.899. The predicted octanol–water partition coefficient (Wildman–Crippen LogP) is 1.69. The third-order valence-electron chi connectivity index (χ3n) is 3.36. The SMILES string of the molecule is CNCc1cc(Cl)ccc1OC(C)C(=O)N1CCOCC1. The summed E-state index contributed by atoms with van der Waals surface area (Å²) in [5.41, 5.74) is 0.937. The number of nitrogens with one attached hydrogen (secondary N) is 1. The second-order valence-corrected chi connectivity index (χ2v) is 5.42. The summed E-state index contributed by atoms with van der Waals surface area (Å²) in [4.78, 5) is 14.1. The van der Waals surface area contributed by atoms with Gasteiger partial charge in [0.1, 0.15) is 5.75 Å². The van der Waals surface area contributed by atoms with Crippen LogP contribution in [0.2, 0.25) is 5.02 Å². The van der Waals surface area contributed by atoms with Crippen LogP contribution in [0.3, 0.4) is 0 Å². The van der Waals surface area contributed by atoms with Crippen molar-refractivity contribution in [3.8, 4) is 5.75 Å². The number of carbonyl (C=O) groups is 1. The fraction of sp³-hybridized carbons (Fsp3) is 0.533. The minimum atomic E-state index is -0.528. The van der Waals surface area contributed by atoms with Gasteiger partial charge >= 0.3 is 0 Å². The molecule has 0 aliphatic carbocycles. The summed E-state index contributed by atoms with van der Waals surface area (Å²) in [6, 6.07) is 5.42. The van der Waals surface area contributed by atoms with Crippen molar-refractivity contribution in [2.75, 3.05) is 33.4 Å². The summed E-state index contributed by atoms with van der Waals surface area (Å²) >= 11 is 6.00. The molecule has 2 rings (SSSR count). The zero-order valence-corrected chi connectivity index (χ0v) is 13.2. The number of halogens is 1. The van der Waals surface area contributed by atoms with Crippen LogP contribution in [0.1, 0.15) is 12.5 Å². The van der Waals surface area contributed by atoms with Gasteiger partial charge in [-0.25, -0.2) is 0 Å². The highest BCUT2D eigenvalue weighted by atomic mass is 35.5. The van der Waals surface area contributed by atoms with Crippen molar-refractivity contribution < 1.29 is 14.3 Å². The third kappa shape index (κ3) is 4.33. The molecule has 0 aromatic heterocycles. The molecule has 1 aliphatic rings. The molecule has 1 fully saturated rings. The average Bonchev–Trinajstić information content (AvgIpc) is 2.50. The number of hydrogen-bond acceptors (Lipinski definition) is 4. The lowest BCUT2D eigenvalue weighted by atomic mass is 10.2. The van der Waals surface area contributed by atoms with E-state index in [-0.39, 0.29) is 5.91 Å². The number of amides is 1. The summed E-state index contributed by atoms with van der Waals surface area (Å²) in [6.45, 7) is 4.83. The minimum absolute atomic E-state index is 0.0105. The van der Waals surface area contributed by atoms with Gasteiger partial charge in [0, 0.05) is 30.2 Å².